The van der Waals surface area contributed by atoms with Gasteiger partial charge in [-0.25, -0.2) is 18.6 Å². The summed E-state index contributed by atoms with van der Waals surface area (Å²) in [5.41, 5.74) is 4.29. The van der Waals surface area contributed by atoms with E-state index in [0.717, 1.165) is 46.8 Å². The lowest BCUT2D eigenvalue weighted by Crippen LogP contribution is -2.42. The molecule has 186 valence electrons. The Kier molecular flexibility index (Phi) is 6.59. The fourth-order valence-corrected chi connectivity index (χ4v) is 4.77. The quantitative estimate of drug-likeness (QED) is 0.352. The van der Waals surface area contributed by atoms with Crippen molar-refractivity contribution in [1.82, 2.24) is 14.3 Å². The van der Waals surface area contributed by atoms with Crippen LogP contribution in [0.4, 0.5) is 25.0 Å². The molecule has 0 aliphatic carbocycles. The number of aromatic nitrogens is 2. The number of urea groups is 1. The Morgan fingerprint density at radius 2 is 1.81 bits per heavy atom. The van der Waals surface area contributed by atoms with Gasteiger partial charge in [-0.05, 0) is 49.2 Å². The second-order valence-corrected chi connectivity index (χ2v) is 9.35. The molecule has 0 spiro atoms. The molecule has 1 unspecified atom stereocenters. The van der Waals surface area contributed by atoms with Gasteiger partial charge in [0.2, 0.25) is 0 Å². The molecular formula is C28H29F2N5O. The summed E-state index contributed by atoms with van der Waals surface area (Å²) in [6.07, 6.45) is 1.26. The number of amides is 2. The Morgan fingerprint density at radius 1 is 1.06 bits per heavy atom. The molecule has 6 nitrogen and oxygen atoms in total. The van der Waals surface area contributed by atoms with Crippen LogP contribution in [-0.4, -0.2) is 47.5 Å². The van der Waals surface area contributed by atoms with Gasteiger partial charge in [-0.3, -0.25) is 0 Å². The Morgan fingerprint density at radius 3 is 2.50 bits per heavy atom. The second kappa shape index (κ2) is 9.97. The van der Waals surface area contributed by atoms with E-state index in [1.54, 1.807) is 12.1 Å². The number of imidazole rings is 1. The smallest absolute Gasteiger partial charge is 0.321 e. The first-order valence-corrected chi connectivity index (χ1v) is 12.1. The van der Waals surface area contributed by atoms with E-state index in [9.17, 15) is 13.6 Å². The molecule has 0 bridgehead atoms. The highest BCUT2D eigenvalue weighted by atomic mass is 19.3. The van der Waals surface area contributed by atoms with Crippen LogP contribution in [0, 0.1) is 0 Å². The van der Waals surface area contributed by atoms with Crippen LogP contribution in [0.25, 0.3) is 16.8 Å². The fourth-order valence-electron chi connectivity index (χ4n) is 4.77. The summed E-state index contributed by atoms with van der Waals surface area (Å²) < 4.78 is 28.1. The molecule has 2 aromatic carbocycles. The van der Waals surface area contributed by atoms with Crippen molar-refractivity contribution in [2.75, 3.05) is 37.4 Å². The average Bonchev–Trinajstić information content (AvgIpc) is 3.29. The van der Waals surface area contributed by atoms with Crippen LogP contribution in [-0.2, 0) is 0 Å². The van der Waals surface area contributed by atoms with E-state index in [4.69, 9.17) is 4.98 Å². The Bertz CT molecular complexity index is 1350. The summed E-state index contributed by atoms with van der Waals surface area (Å²) >= 11 is 0. The molecule has 8 heteroatoms. The first-order valence-electron chi connectivity index (χ1n) is 12.1. The summed E-state index contributed by atoms with van der Waals surface area (Å²) in [6.45, 7) is 1.24. The van der Waals surface area contributed by atoms with Gasteiger partial charge in [0.25, 0.3) is 6.43 Å². The molecule has 5 rings (SSSR count). The van der Waals surface area contributed by atoms with Gasteiger partial charge in [0.15, 0.2) is 0 Å². The highest BCUT2D eigenvalue weighted by Crippen LogP contribution is 2.33. The number of anilines is 2. The molecular weight excluding hydrogens is 460 g/mol. The van der Waals surface area contributed by atoms with E-state index in [2.05, 4.69) is 9.72 Å². The topological polar surface area (TPSA) is 52.9 Å². The first kappa shape index (κ1) is 23.8. The van der Waals surface area contributed by atoms with Crippen LogP contribution in [0.1, 0.15) is 36.6 Å². The minimum atomic E-state index is -2.50. The van der Waals surface area contributed by atoms with Gasteiger partial charge >= 0.3 is 6.03 Å². The number of rotatable bonds is 5. The van der Waals surface area contributed by atoms with Crippen LogP contribution in [0.3, 0.4) is 0 Å². The third kappa shape index (κ3) is 4.76. The number of pyridine rings is 1. The SMILES string of the molecule is CN(C)c1ccc(NC(=O)N2CCCC(c3nc(-c4ccc(C(F)F)cc4)c4ccccn34)C2)cc1. The van der Waals surface area contributed by atoms with Crippen LogP contribution in [0.5, 0.6) is 0 Å². The third-order valence-corrected chi connectivity index (χ3v) is 6.72. The number of nitrogens with one attached hydrogen (secondary N) is 1. The van der Waals surface area contributed by atoms with Crippen LogP contribution >= 0.6 is 0 Å². The average molecular weight is 490 g/mol. The summed E-state index contributed by atoms with van der Waals surface area (Å²) in [7, 11) is 3.95. The van der Waals surface area contributed by atoms with Gasteiger partial charge in [0, 0.05) is 61.8 Å². The minimum absolute atomic E-state index is 0.00669. The predicted molar refractivity (Wildman–Crippen MR) is 139 cm³/mol. The monoisotopic (exact) mass is 489 g/mol. The lowest BCUT2D eigenvalue weighted by molar-refractivity contribution is 0.151. The summed E-state index contributed by atoms with van der Waals surface area (Å²) in [6, 6.07) is 19.8. The van der Waals surface area contributed by atoms with Gasteiger partial charge in [-0.2, -0.15) is 0 Å². The van der Waals surface area contributed by atoms with E-state index in [1.807, 2.05) is 72.6 Å². The Hall–Kier alpha value is -3.94. The van der Waals surface area contributed by atoms with Crippen molar-refractivity contribution in [2.24, 2.45) is 0 Å². The van der Waals surface area contributed by atoms with E-state index in [-0.39, 0.29) is 17.5 Å². The highest BCUT2D eigenvalue weighted by Gasteiger charge is 2.28. The molecule has 0 saturated carbocycles. The van der Waals surface area contributed by atoms with E-state index >= 15 is 0 Å². The molecule has 1 atom stereocenters. The Balaban J connectivity index is 1.37. The molecule has 1 aliphatic rings. The van der Waals surface area contributed by atoms with Crippen molar-refractivity contribution < 1.29 is 13.6 Å². The number of hydrogen-bond acceptors (Lipinski definition) is 3. The second-order valence-electron chi connectivity index (χ2n) is 9.35. The van der Waals surface area contributed by atoms with Crippen molar-refractivity contribution in [3.63, 3.8) is 0 Å². The molecule has 1 saturated heterocycles. The molecule has 0 radical (unpaired) electrons. The number of carbonyl (C=O) groups excluding carboxylic acids is 1. The number of nitrogens with zero attached hydrogens (tertiary/aromatic N) is 4. The largest absolute Gasteiger partial charge is 0.378 e. The maximum absolute atomic E-state index is 13.1. The van der Waals surface area contributed by atoms with E-state index in [0.29, 0.717) is 13.1 Å². The fraction of sp³-hybridized carbons (Fsp3) is 0.286. The zero-order valence-electron chi connectivity index (χ0n) is 20.4. The number of fused-ring (bicyclic) bond motifs is 1. The maximum Gasteiger partial charge on any atom is 0.321 e. The minimum Gasteiger partial charge on any atom is -0.378 e. The normalized spacial score (nSPS) is 15.9. The molecule has 1 fully saturated rings. The van der Waals surface area contributed by atoms with Gasteiger partial charge in [-0.1, -0.05) is 30.3 Å². The summed E-state index contributed by atoms with van der Waals surface area (Å²) in [4.78, 5) is 21.9. The van der Waals surface area contributed by atoms with Gasteiger partial charge in [0.05, 0.1) is 11.2 Å². The number of carbonyl (C=O) groups is 1. The Labute approximate surface area is 209 Å². The molecule has 36 heavy (non-hydrogen) atoms. The molecule has 2 aromatic heterocycles. The number of halogens is 2. The zero-order valence-corrected chi connectivity index (χ0v) is 20.4. The molecule has 2 amide bonds. The van der Waals surface area contributed by atoms with Crippen molar-refractivity contribution in [3.05, 3.63) is 84.3 Å². The maximum atomic E-state index is 13.1. The third-order valence-electron chi connectivity index (χ3n) is 6.72. The van der Waals surface area contributed by atoms with Gasteiger partial charge in [-0.15, -0.1) is 0 Å². The number of piperidine rings is 1. The van der Waals surface area contributed by atoms with Crippen LogP contribution < -0.4 is 10.2 Å². The van der Waals surface area contributed by atoms with Gasteiger partial charge < -0.3 is 19.5 Å². The molecule has 1 aliphatic heterocycles. The lowest BCUT2D eigenvalue weighted by Gasteiger charge is -2.32. The molecule has 3 heterocycles. The number of hydrogen-bond donors (Lipinski definition) is 1. The van der Waals surface area contributed by atoms with Crippen molar-refractivity contribution in [1.29, 1.82) is 0 Å². The highest BCUT2D eigenvalue weighted by molar-refractivity contribution is 5.89. The van der Waals surface area contributed by atoms with Crippen LogP contribution in [0.2, 0.25) is 0 Å². The summed E-state index contributed by atoms with van der Waals surface area (Å²) in [5.74, 6) is 0.941. The van der Waals surface area contributed by atoms with Crippen LogP contribution in [0.15, 0.2) is 72.9 Å². The molecule has 4 aromatic rings. The summed E-state index contributed by atoms with van der Waals surface area (Å²) in [5, 5.41) is 3.01. The number of alkyl halides is 2. The zero-order chi connectivity index (χ0) is 25.2. The molecule has 1 N–H and O–H groups in total. The number of benzene rings is 2. The van der Waals surface area contributed by atoms with E-state index < -0.39 is 6.43 Å². The van der Waals surface area contributed by atoms with Crippen molar-refractivity contribution in [3.8, 4) is 11.3 Å². The standard InChI is InChI=1S/C28H29F2N5O/c1-33(2)23-14-12-22(13-15-23)31-28(36)34-16-5-6-21(18-34)27-32-25(24-7-3-4-17-35(24)27)19-8-10-20(11-9-19)26(29)30/h3-4,7-15,17,21,26H,5-6,16,18H2,1-2H3,(H,31,36). The van der Waals surface area contributed by atoms with Gasteiger partial charge in [0.1, 0.15) is 5.82 Å². The lowest BCUT2D eigenvalue weighted by atomic mass is 9.97. The first-order chi connectivity index (χ1) is 17.4. The van der Waals surface area contributed by atoms with Crippen molar-refractivity contribution >= 4 is 22.9 Å². The number of likely N-dealkylation sites (tertiary alicyclic amines) is 1. The van der Waals surface area contributed by atoms with E-state index in [1.165, 1.54) is 12.1 Å². The predicted octanol–water partition coefficient (Wildman–Crippen LogP) is 6.42. The van der Waals surface area contributed by atoms with Crippen molar-refractivity contribution in [2.45, 2.75) is 25.2 Å².